The van der Waals surface area contributed by atoms with Crippen molar-refractivity contribution >= 4 is 29.5 Å². The second-order valence-electron chi connectivity index (χ2n) is 8.25. The Kier molecular flexibility index (Phi) is 5.51. The number of thioether (sulfide) groups is 1. The first-order valence-electron chi connectivity index (χ1n) is 9.80. The van der Waals surface area contributed by atoms with Crippen LogP contribution in [0.3, 0.4) is 0 Å². The molecular formula is C19H30N2O5S. The van der Waals surface area contributed by atoms with Gasteiger partial charge in [-0.15, -0.1) is 11.8 Å². The summed E-state index contributed by atoms with van der Waals surface area (Å²) in [5.74, 6) is -1.72. The number of fused-ring (bicyclic) bond motifs is 1. The molecule has 0 saturated carbocycles. The molecule has 2 amide bonds. The van der Waals surface area contributed by atoms with Crippen molar-refractivity contribution in [3.05, 3.63) is 0 Å². The molecule has 0 aliphatic carbocycles. The summed E-state index contributed by atoms with van der Waals surface area (Å²) in [6.07, 6.45) is 1.92. The largest absolute Gasteiger partial charge is 0.466 e. The maximum Gasteiger partial charge on any atom is 0.311 e. The highest BCUT2D eigenvalue weighted by atomic mass is 32.2. The van der Waals surface area contributed by atoms with Crippen LogP contribution in [0.25, 0.3) is 0 Å². The molecule has 0 aromatic rings. The fourth-order valence-electron chi connectivity index (χ4n) is 5.16. The topological polar surface area (TPSA) is 95.9 Å². The SMILES string of the molecule is CCOC(=O)[C@H]1[C@H]2C(=O)N(CCCO)C(C(=O)NC(C)C)C23CC[C@]1(C)S3. The second-order valence-corrected chi connectivity index (χ2v) is 10.1. The Hall–Kier alpha value is -1.28. The first-order chi connectivity index (χ1) is 12.7. The van der Waals surface area contributed by atoms with Gasteiger partial charge in [-0.2, -0.15) is 0 Å². The molecular weight excluding hydrogens is 368 g/mol. The first-order valence-corrected chi connectivity index (χ1v) is 10.6. The summed E-state index contributed by atoms with van der Waals surface area (Å²) in [5, 5.41) is 12.2. The van der Waals surface area contributed by atoms with Gasteiger partial charge in [0.25, 0.3) is 0 Å². The van der Waals surface area contributed by atoms with E-state index in [0.717, 1.165) is 12.8 Å². The molecule has 3 saturated heterocycles. The van der Waals surface area contributed by atoms with Gasteiger partial charge >= 0.3 is 5.97 Å². The Labute approximate surface area is 164 Å². The van der Waals surface area contributed by atoms with Gasteiger partial charge in [-0.25, -0.2) is 0 Å². The minimum absolute atomic E-state index is 0.0391. The van der Waals surface area contributed by atoms with Crippen LogP contribution in [-0.2, 0) is 19.1 Å². The maximum atomic E-state index is 13.4. The van der Waals surface area contributed by atoms with Crippen LogP contribution < -0.4 is 5.32 Å². The van der Waals surface area contributed by atoms with E-state index in [-0.39, 0.29) is 41.8 Å². The predicted octanol–water partition coefficient (Wildman–Crippen LogP) is 0.938. The number of aliphatic hydroxyl groups excluding tert-OH is 1. The number of carbonyl (C=O) groups is 3. The van der Waals surface area contributed by atoms with E-state index >= 15 is 0 Å². The lowest BCUT2D eigenvalue weighted by Crippen LogP contribution is -2.54. The molecule has 0 aromatic carbocycles. The molecule has 0 radical (unpaired) electrons. The van der Waals surface area contributed by atoms with Gasteiger partial charge in [0.05, 0.1) is 23.2 Å². The molecule has 3 heterocycles. The van der Waals surface area contributed by atoms with E-state index in [2.05, 4.69) is 5.32 Å². The number of hydrogen-bond donors (Lipinski definition) is 2. The van der Waals surface area contributed by atoms with Crippen molar-refractivity contribution in [1.29, 1.82) is 0 Å². The van der Waals surface area contributed by atoms with E-state index in [1.807, 2.05) is 20.8 Å². The summed E-state index contributed by atoms with van der Waals surface area (Å²) >= 11 is 1.63. The van der Waals surface area contributed by atoms with Crippen molar-refractivity contribution in [1.82, 2.24) is 10.2 Å². The van der Waals surface area contributed by atoms with Gasteiger partial charge in [0, 0.05) is 23.9 Å². The molecule has 1 spiro atoms. The zero-order chi connectivity index (χ0) is 20.0. The van der Waals surface area contributed by atoms with Gasteiger partial charge in [-0.05, 0) is 47.0 Å². The van der Waals surface area contributed by atoms with Crippen LogP contribution in [0.5, 0.6) is 0 Å². The quantitative estimate of drug-likeness (QED) is 0.620. The Morgan fingerprint density at radius 3 is 2.70 bits per heavy atom. The minimum Gasteiger partial charge on any atom is -0.466 e. The molecule has 5 atom stereocenters. The molecule has 2 N–H and O–H groups in total. The maximum absolute atomic E-state index is 13.4. The number of hydrogen-bond acceptors (Lipinski definition) is 6. The standard InChI is InChI=1S/C19H30N2O5S/c1-5-26-17(25)13-12-16(24)21(9-6-10-22)14(15(23)20-11(2)3)19(12)8-7-18(13,4)27-19/h11-14,22H,5-10H2,1-4H3,(H,20,23)/t12-,13+,14?,18-,19?/m0/s1. The van der Waals surface area contributed by atoms with E-state index in [4.69, 9.17) is 4.74 Å². The number of ether oxygens (including phenoxy) is 1. The summed E-state index contributed by atoms with van der Waals surface area (Å²) in [7, 11) is 0. The molecule has 8 heteroatoms. The van der Waals surface area contributed by atoms with Gasteiger partial charge in [0.15, 0.2) is 0 Å². The Morgan fingerprint density at radius 1 is 1.41 bits per heavy atom. The smallest absolute Gasteiger partial charge is 0.311 e. The second kappa shape index (κ2) is 7.28. The van der Waals surface area contributed by atoms with Crippen LogP contribution in [0.1, 0.15) is 47.0 Å². The highest BCUT2D eigenvalue weighted by Crippen LogP contribution is 2.71. The lowest BCUT2D eigenvalue weighted by molar-refractivity contribution is -0.155. The first kappa shape index (κ1) is 20.5. The van der Waals surface area contributed by atoms with Crippen molar-refractivity contribution in [2.24, 2.45) is 11.8 Å². The average molecular weight is 399 g/mol. The molecule has 0 aromatic heterocycles. The third-order valence-corrected chi connectivity index (χ3v) is 8.04. The van der Waals surface area contributed by atoms with E-state index in [0.29, 0.717) is 13.0 Å². The number of amides is 2. The molecule has 2 unspecified atom stereocenters. The van der Waals surface area contributed by atoms with Crippen molar-refractivity contribution in [3.8, 4) is 0 Å². The van der Waals surface area contributed by atoms with Gasteiger partial charge < -0.3 is 20.1 Å². The molecule has 3 aliphatic rings. The number of carbonyl (C=O) groups excluding carboxylic acids is 3. The normalized spacial score (nSPS) is 37.0. The van der Waals surface area contributed by atoms with Crippen molar-refractivity contribution < 1.29 is 24.2 Å². The van der Waals surface area contributed by atoms with E-state index in [9.17, 15) is 19.5 Å². The molecule has 7 nitrogen and oxygen atoms in total. The summed E-state index contributed by atoms with van der Waals surface area (Å²) in [4.78, 5) is 40.8. The Morgan fingerprint density at radius 2 is 2.11 bits per heavy atom. The van der Waals surface area contributed by atoms with Crippen LogP contribution in [0.15, 0.2) is 0 Å². The molecule has 3 fully saturated rings. The van der Waals surface area contributed by atoms with Crippen LogP contribution >= 0.6 is 11.8 Å². The summed E-state index contributed by atoms with van der Waals surface area (Å²) in [6.45, 7) is 8.11. The number of likely N-dealkylation sites (tertiary alicyclic amines) is 1. The average Bonchev–Trinajstić information content (AvgIpc) is 3.13. The molecule has 3 rings (SSSR count). The van der Waals surface area contributed by atoms with Crippen LogP contribution in [0.2, 0.25) is 0 Å². The van der Waals surface area contributed by atoms with Crippen molar-refractivity contribution in [3.63, 3.8) is 0 Å². The lowest BCUT2D eigenvalue weighted by Gasteiger charge is -2.34. The summed E-state index contributed by atoms with van der Waals surface area (Å²) in [6, 6.07) is -0.655. The minimum atomic E-state index is -0.616. The number of nitrogens with one attached hydrogen (secondary N) is 1. The molecule has 152 valence electrons. The zero-order valence-electron chi connectivity index (χ0n) is 16.5. The van der Waals surface area contributed by atoms with Crippen LogP contribution in [0.4, 0.5) is 0 Å². The fourth-order valence-corrected chi connectivity index (χ4v) is 7.51. The number of esters is 1. The highest BCUT2D eigenvalue weighted by Gasteiger charge is 2.77. The van der Waals surface area contributed by atoms with E-state index in [1.165, 1.54) is 0 Å². The van der Waals surface area contributed by atoms with Gasteiger partial charge in [-0.1, -0.05) is 0 Å². The predicted molar refractivity (Wildman–Crippen MR) is 102 cm³/mol. The van der Waals surface area contributed by atoms with Crippen LogP contribution in [-0.4, -0.2) is 69.1 Å². The third-order valence-electron chi connectivity index (χ3n) is 6.05. The number of nitrogens with zero attached hydrogens (tertiary/aromatic N) is 1. The molecule has 2 bridgehead atoms. The third kappa shape index (κ3) is 3.05. The number of rotatable bonds is 7. The van der Waals surface area contributed by atoms with E-state index < -0.39 is 22.6 Å². The van der Waals surface area contributed by atoms with Crippen molar-refractivity contribution in [2.75, 3.05) is 19.8 Å². The van der Waals surface area contributed by atoms with Gasteiger partial charge in [0.1, 0.15) is 6.04 Å². The van der Waals surface area contributed by atoms with Gasteiger partial charge in [0.2, 0.25) is 11.8 Å². The number of aliphatic hydroxyl groups is 1. The van der Waals surface area contributed by atoms with Crippen molar-refractivity contribution in [2.45, 2.75) is 68.5 Å². The van der Waals surface area contributed by atoms with E-state index in [1.54, 1.807) is 23.6 Å². The van der Waals surface area contributed by atoms with Crippen LogP contribution in [0, 0.1) is 11.8 Å². The Bertz CT molecular complexity index is 642. The molecule has 27 heavy (non-hydrogen) atoms. The fraction of sp³-hybridized carbons (Fsp3) is 0.842. The molecule has 3 aliphatic heterocycles. The lowest BCUT2D eigenvalue weighted by atomic mass is 9.66. The summed E-state index contributed by atoms with van der Waals surface area (Å²) in [5.41, 5.74) is 0. The zero-order valence-corrected chi connectivity index (χ0v) is 17.3. The highest BCUT2D eigenvalue weighted by molar-refractivity contribution is 8.02. The monoisotopic (exact) mass is 398 g/mol. The van der Waals surface area contributed by atoms with Gasteiger partial charge in [-0.3, -0.25) is 14.4 Å². The Balaban J connectivity index is 2.02. The summed E-state index contributed by atoms with van der Waals surface area (Å²) < 4.78 is 4.33.